The standard InChI is InChI=1S/C17H18BrNO/c1-11(2)8-12-4-3-5-13(9-12)17(20)14-6-7-16(19)15(18)10-14/h3-7,9-11H,8,19H2,1-2H3. The van der Waals surface area contributed by atoms with Gasteiger partial charge in [-0.2, -0.15) is 0 Å². The molecule has 0 atom stereocenters. The van der Waals surface area contributed by atoms with Crippen LogP contribution in [0.3, 0.4) is 0 Å². The fraction of sp³-hybridized carbons (Fsp3) is 0.235. The summed E-state index contributed by atoms with van der Waals surface area (Å²) >= 11 is 3.36. The van der Waals surface area contributed by atoms with Crippen LogP contribution in [0.2, 0.25) is 0 Å². The minimum atomic E-state index is 0.0244. The first-order valence-electron chi connectivity index (χ1n) is 6.66. The molecule has 0 aromatic heterocycles. The van der Waals surface area contributed by atoms with Crippen molar-refractivity contribution in [2.75, 3.05) is 5.73 Å². The van der Waals surface area contributed by atoms with E-state index in [4.69, 9.17) is 5.73 Å². The smallest absolute Gasteiger partial charge is 0.193 e. The van der Waals surface area contributed by atoms with Gasteiger partial charge in [-0.3, -0.25) is 4.79 Å². The number of ketones is 1. The van der Waals surface area contributed by atoms with Crippen LogP contribution in [0.4, 0.5) is 5.69 Å². The van der Waals surface area contributed by atoms with Crippen LogP contribution in [0, 0.1) is 5.92 Å². The predicted octanol–water partition coefficient (Wildman–Crippen LogP) is 4.46. The number of anilines is 1. The van der Waals surface area contributed by atoms with Crippen molar-refractivity contribution < 1.29 is 4.79 Å². The molecule has 104 valence electrons. The summed E-state index contributed by atoms with van der Waals surface area (Å²) in [6, 6.07) is 13.1. The number of carbonyl (C=O) groups excluding carboxylic acids is 1. The van der Waals surface area contributed by atoms with E-state index in [1.807, 2.05) is 18.2 Å². The van der Waals surface area contributed by atoms with Crippen LogP contribution in [0.5, 0.6) is 0 Å². The lowest BCUT2D eigenvalue weighted by atomic mass is 9.97. The van der Waals surface area contributed by atoms with E-state index in [0.29, 0.717) is 17.2 Å². The lowest BCUT2D eigenvalue weighted by Crippen LogP contribution is -2.03. The van der Waals surface area contributed by atoms with Gasteiger partial charge in [0.15, 0.2) is 5.78 Å². The lowest BCUT2D eigenvalue weighted by molar-refractivity contribution is 0.103. The van der Waals surface area contributed by atoms with Crippen molar-refractivity contribution in [3.05, 3.63) is 63.6 Å². The molecule has 0 saturated carbocycles. The van der Waals surface area contributed by atoms with Crippen molar-refractivity contribution in [2.24, 2.45) is 5.92 Å². The third kappa shape index (κ3) is 3.48. The molecule has 0 saturated heterocycles. The Kier molecular flexibility index (Phi) is 4.61. The highest BCUT2D eigenvalue weighted by molar-refractivity contribution is 9.10. The van der Waals surface area contributed by atoms with Crippen LogP contribution in [0.1, 0.15) is 35.3 Å². The number of nitrogen functional groups attached to an aromatic ring is 1. The summed E-state index contributed by atoms with van der Waals surface area (Å²) in [5.74, 6) is 0.599. The molecule has 20 heavy (non-hydrogen) atoms. The molecule has 0 unspecified atom stereocenters. The molecule has 0 fully saturated rings. The summed E-state index contributed by atoms with van der Waals surface area (Å²) in [5.41, 5.74) is 8.95. The minimum absolute atomic E-state index is 0.0244. The summed E-state index contributed by atoms with van der Waals surface area (Å²) in [5, 5.41) is 0. The van der Waals surface area contributed by atoms with Crippen LogP contribution >= 0.6 is 15.9 Å². The molecule has 3 heteroatoms. The monoisotopic (exact) mass is 331 g/mol. The summed E-state index contributed by atoms with van der Waals surface area (Å²) in [7, 11) is 0. The molecule has 0 aliphatic heterocycles. The van der Waals surface area contributed by atoms with Crippen LogP contribution < -0.4 is 5.73 Å². The molecule has 0 amide bonds. The number of carbonyl (C=O) groups is 1. The molecule has 2 aromatic carbocycles. The van der Waals surface area contributed by atoms with Gasteiger partial charge in [0.1, 0.15) is 0 Å². The first-order valence-corrected chi connectivity index (χ1v) is 7.45. The zero-order chi connectivity index (χ0) is 14.7. The maximum atomic E-state index is 12.5. The van der Waals surface area contributed by atoms with Gasteiger partial charge < -0.3 is 5.73 Å². The van der Waals surface area contributed by atoms with Crippen LogP contribution in [-0.2, 0) is 6.42 Å². The SMILES string of the molecule is CC(C)Cc1cccc(C(=O)c2ccc(N)c(Br)c2)c1. The second-order valence-electron chi connectivity index (χ2n) is 5.36. The fourth-order valence-corrected chi connectivity index (χ4v) is 2.52. The number of rotatable bonds is 4. The normalized spacial score (nSPS) is 10.8. The van der Waals surface area contributed by atoms with Crippen molar-refractivity contribution >= 4 is 27.4 Å². The second kappa shape index (κ2) is 6.23. The molecule has 0 heterocycles. The Morgan fingerprint density at radius 1 is 1.15 bits per heavy atom. The van der Waals surface area contributed by atoms with Crippen LogP contribution in [-0.4, -0.2) is 5.78 Å². The van der Waals surface area contributed by atoms with Crippen molar-refractivity contribution in [2.45, 2.75) is 20.3 Å². The molecule has 2 rings (SSSR count). The van der Waals surface area contributed by atoms with E-state index in [1.165, 1.54) is 5.56 Å². The summed E-state index contributed by atoms with van der Waals surface area (Å²) in [6.45, 7) is 4.34. The molecular weight excluding hydrogens is 314 g/mol. The van der Waals surface area contributed by atoms with E-state index < -0.39 is 0 Å². The van der Waals surface area contributed by atoms with Gasteiger partial charge in [0, 0.05) is 21.3 Å². The Morgan fingerprint density at radius 2 is 1.85 bits per heavy atom. The van der Waals surface area contributed by atoms with Crippen LogP contribution in [0.15, 0.2) is 46.9 Å². The van der Waals surface area contributed by atoms with Crippen molar-refractivity contribution in [3.8, 4) is 0 Å². The topological polar surface area (TPSA) is 43.1 Å². The first kappa shape index (κ1) is 14.8. The number of halogens is 1. The van der Waals surface area contributed by atoms with E-state index >= 15 is 0 Å². The lowest BCUT2D eigenvalue weighted by Gasteiger charge is -2.08. The maximum Gasteiger partial charge on any atom is 0.193 e. The van der Waals surface area contributed by atoms with Crippen LogP contribution in [0.25, 0.3) is 0 Å². The van der Waals surface area contributed by atoms with Gasteiger partial charge in [-0.1, -0.05) is 32.0 Å². The third-order valence-corrected chi connectivity index (χ3v) is 3.78. The second-order valence-corrected chi connectivity index (χ2v) is 6.22. The Morgan fingerprint density at radius 3 is 2.50 bits per heavy atom. The fourth-order valence-electron chi connectivity index (χ4n) is 2.15. The van der Waals surface area contributed by atoms with Crippen molar-refractivity contribution in [3.63, 3.8) is 0 Å². The van der Waals surface area contributed by atoms with Gasteiger partial charge in [-0.05, 0) is 58.1 Å². The van der Waals surface area contributed by atoms with Crippen molar-refractivity contribution in [1.29, 1.82) is 0 Å². The van der Waals surface area contributed by atoms with Crippen molar-refractivity contribution in [1.82, 2.24) is 0 Å². The molecule has 0 bridgehead atoms. The number of nitrogens with two attached hydrogens (primary N) is 1. The summed E-state index contributed by atoms with van der Waals surface area (Å²) < 4.78 is 0.752. The van der Waals surface area contributed by atoms with E-state index in [-0.39, 0.29) is 5.78 Å². The molecule has 2 nitrogen and oxygen atoms in total. The predicted molar refractivity (Wildman–Crippen MR) is 87.0 cm³/mol. The van der Waals surface area contributed by atoms with Gasteiger partial charge in [0.2, 0.25) is 0 Å². The molecule has 0 aliphatic rings. The summed E-state index contributed by atoms with van der Waals surface area (Å²) in [6.07, 6.45) is 0.979. The quantitative estimate of drug-likeness (QED) is 0.663. The Balaban J connectivity index is 2.30. The Labute approximate surface area is 128 Å². The number of hydrogen-bond acceptors (Lipinski definition) is 2. The van der Waals surface area contributed by atoms with Gasteiger partial charge >= 0.3 is 0 Å². The number of hydrogen-bond donors (Lipinski definition) is 1. The number of benzene rings is 2. The zero-order valence-electron chi connectivity index (χ0n) is 11.7. The largest absolute Gasteiger partial charge is 0.398 e. The Hall–Kier alpha value is -1.61. The molecule has 2 aromatic rings. The Bertz CT molecular complexity index is 635. The van der Waals surface area contributed by atoms with E-state index in [0.717, 1.165) is 16.5 Å². The average molecular weight is 332 g/mol. The summed E-state index contributed by atoms with van der Waals surface area (Å²) in [4.78, 5) is 12.5. The van der Waals surface area contributed by atoms with E-state index in [1.54, 1.807) is 18.2 Å². The minimum Gasteiger partial charge on any atom is -0.398 e. The van der Waals surface area contributed by atoms with Gasteiger partial charge in [0.05, 0.1) is 0 Å². The van der Waals surface area contributed by atoms with Gasteiger partial charge in [0.25, 0.3) is 0 Å². The highest BCUT2D eigenvalue weighted by Crippen LogP contribution is 2.22. The van der Waals surface area contributed by atoms with Gasteiger partial charge in [-0.15, -0.1) is 0 Å². The molecular formula is C17H18BrNO. The molecule has 2 N–H and O–H groups in total. The molecule has 0 spiro atoms. The molecule has 0 radical (unpaired) electrons. The first-order chi connectivity index (χ1) is 9.47. The zero-order valence-corrected chi connectivity index (χ0v) is 13.3. The maximum absolute atomic E-state index is 12.5. The average Bonchev–Trinajstić information content (AvgIpc) is 2.40. The highest BCUT2D eigenvalue weighted by atomic mass is 79.9. The highest BCUT2D eigenvalue weighted by Gasteiger charge is 2.11. The van der Waals surface area contributed by atoms with E-state index in [2.05, 4.69) is 35.8 Å². The third-order valence-electron chi connectivity index (χ3n) is 3.10. The van der Waals surface area contributed by atoms with E-state index in [9.17, 15) is 4.79 Å². The molecule has 0 aliphatic carbocycles. The van der Waals surface area contributed by atoms with Gasteiger partial charge in [-0.25, -0.2) is 0 Å².